The maximum atomic E-state index is 9.36. The summed E-state index contributed by atoms with van der Waals surface area (Å²) in [5, 5.41) is 20.6. The van der Waals surface area contributed by atoms with Crippen molar-refractivity contribution >= 4 is 10.8 Å². The first-order valence-electron chi connectivity index (χ1n) is 7.12. The summed E-state index contributed by atoms with van der Waals surface area (Å²) in [6.07, 6.45) is -1.03. The zero-order chi connectivity index (χ0) is 15.4. The van der Waals surface area contributed by atoms with Crippen molar-refractivity contribution in [2.24, 2.45) is 0 Å². The maximum Gasteiger partial charge on any atom is 0.127 e. The molecule has 0 aromatic heterocycles. The standard InChI is InChI=1S/C17H22O4/c1-11-4-5-14-15(8-11)17(21-10-13(3)19)7-6-16(14)20-9-12(2)18/h4-8,12-13,18-19H,9-10H2,1-3H3. The zero-order valence-electron chi connectivity index (χ0n) is 12.7. The van der Waals surface area contributed by atoms with E-state index in [0.717, 1.165) is 27.8 Å². The fourth-order valence-electron chi connectivity index (χ4n) is 2.08. The van der Waals surface area contributed by atoms with Gasteiger partial charge in [-0.25, -0.2) is 0 Å². The normalized spacial score (nSPS) is 14.0. The van der Waals surface area contributed by atoms with Crippen molar-refractivity contribution < 1.29 is 19.7 Å². The smallest absolute Gasteiger partial charge is 0.127 e. The van der Waals surface area contributed by atoms with Crippen molar-refractivity contribution in [1.29, 1.82) is 0 Å². The molecule has 2 aromatic carbocycles. The lowest BCUT2D eigenvalue weighted by Crippen LogP contribution is -2.14. The average Bonchev–Trinajstić information content (AvgIpc) is 2.42. The highest BCUT2D eigenvalue weighted by Crippen LogP contribution is 2.34. The minimum absolute atomic E-state index is 0.247. The summed E-state index contributed by atoms with van der Waals surface area (Å²) in [6, 6.07) is 9.69. The Hall–Kier alpha value is -1.78. The van der Waals surface area contributed by atoms with Crippen LogP contribution in [-0.2, 0) is 0 Å². The van der Waals surface area contributed by atoms with Crippen LogP contribution in [0.5, 0.6) is 11.5 Å². The second-order valence-corrected chi connectivity index (χ2v) is 5.43. The third-order valence-electron chi connectivity index (χ3n) is 3.05. The first-order valence-corrected chi connectivity index (χ1v) is 7.12. The van der Waals surface area contributed by atoms with Gasteiger partial charge in [-0.1, -0.05) is 17.7 Å². The van der Waals surface area contributed by atoms with Gasteiger partial charge in [-0.15, -0.1) is 0 Å². The van der Waals surface area contributed by atoms with Crippen molar-refractivity contribution in [1.82, 2.24) is 0 Å². The van der Waals surface area contributed by atoms with Crippen LogP contribution >= 0.6 is 0 Å². The Morgan fingerprint density at radius 2 is 1.38 bits per heavy atom. The minimum atomic E-state index is -0.518. The fourth-order valence-corrected chi connectivity index (χ4v) is 2.08. The van der Waals surface area contributed by atoms with Crippen molar-refractivity contribution in [3.8, 4) is 11.5 Å². The van der Waals surface area contributed by atoms with E-state index in [1.807, 2.05) is 37.3 Å². The molecule has 0 heterocycles. The van der Waals surface area contributed by atoms with E-state index >= 15 is 0 Å². The Balaban J connectivity index is 2.38. The van der Waals surface area contributed by atoms with E-state index in [4.69, 9.17) is 9.47 Å². The molecule has 0 bridgehead atoms. The molecule has 4 heteroatoms. The molecule has 0 spiro atoms. The third-order valence-corrected chi connectivity index (χ3v) is 3.05. The van der Waals surface area contributed by atoms with Gasteiger partial charge in [-0.05, 0) is 39.0 Å². The topological polar surface area (TPSA) is 58.9 Å². The Morgan fingerprint density at radius 1 is 0.857 bits per heavy atom. The lowest BCUT2D eigenvalue weighted by atomic mass is 10.1. The third kappa shape index (κ3) is 4.09. The molecule has 114 valence electrons. The summed E-state index contributed by atoms with van der Waals surface area (Å²) < 4.78 is 11.3. The highest BCUT2D eigenvalue weighted by Gasteiger charge is 2.10. The molecule has 0 aliphatic rings. The molecule has 0 radical (unpaired) electrons. The number of benzene rings is 2. The molecular weight excluding hydrogens is 268 g/mol. The zero-order valence-corrected chi connectivity index (χ0v) is 12.7. The van der Waals surface area contributed by atoms with E-state index in [0.29, 0.717) is 0 Å². The molecule has 21 heavy (non-hydrogen) atoms. The molecule has 2 aromatic rings. The number of ether oxygens (including phenoxy) is 2. The van der Waals surface area contributed by atoms with Crippen molar-refractivity contribution in [2.45, 2.75) is 33.0 Å². The summed E-state index contributed by atoms with van der Waals surface area (Å²) >= 11 is 0. The van der Waals surface area contributed by atoms with Crippen LogP contribution in [0.25, 0.3) is 10.8 Å². The van der Waals surface area contributed by atoms with E-state index in [9.17, 15) is 10.2 Å². The predicted molar refractivity (Wildman–Crippen MR) is 83.0 cm³/mol. The molecule has 0 fully saturated rings. The van der Waals surface area contributed by atoms with Gasteiger partial charge in [0.25, 0.3) is 0 Å². The van der Waals surface area contributed by atoms with Crippen LogP contribution in [0, 0.1) is 6.92 Å². The second-order valence-electron chi connectivity index (χ2n) is 5.43. The van der Waals surface area contributed by atoms with Crippen LogP contribution in [0.4, 0.5) is 0 Å². The van der Waals surface area contributed by atoms with Gasteiger partial charge in [-0.3, -0.25) is 0 Å². The number of aryl methyl sites for hydroxylation is 1. The van der Waals surface area contributed by atoms with Gasteiger partial charge < -0.3 is 19.7 Å². The van der Waals surface area contributed by atoms with E-state index in [-0.39, 0.29) is 13.2 Å². The number of aliphatic hydroxyl groups is 2. The molecule has 0 saturated heterocycles. The van der Waals surface area contributed by atoms with Gasteiger partial charge in [0.1, 0.15) is 24.7 Å². The molecule has 2 atom stereocenters. The quantitative estimate of drug-likeness (QED) is 0.858. The van der Waals surface area contributed by atoms with Crippen molar-refractivity contribution in [2.75, 3.05) is 13.2 Å². The maximum absolute atomic E-state index is 9.36. The van der Waals surface area contributed by atoms with E-state index in [2.05, 4.69) is 0 Å². The lowest BCUT2D eigenvalue weighted by Gasteiger charge is -2.15. The minimum Gasteiger partial charge on any atom is -0.490 e. The van der Waals surface area contributed by atoms with Crippen LogP contribution in [0.15, 0.2) is 30.3 Å². The van der Waals surface area contributed by atoms with Crippen LogP contribution in [0.1, 0.15) is 19.4 Å². The van der Waals surface area contributed by atoms with Crippen LogP contribution in [0.2, 0.25) is 0 Å². The fraction of sp³-hybridized carbons (Fsp3) is 0.412. The number of hydrogen-bond donors (Lipinski definition) is 2. The van der Waals surface area contributed by atoms with Crippen LogP contribution in [-0.4, -0.2) is 35.6 Å². The van der Waals surface area contributed by atoms with E-state index in [1.165, 1.54) is 0 Å². The van der Waals surface area contributed by atoms with Crippen molar-refractivity contribution in [3.05, 3.63) is 35.9 Å². The highest BCUT2D eigenvalue weighted by molar-refractivity contribution is 5.93. The number of hydrogen-bond acceptors (Lipinski definition) is 4. The van der Waals surface area contributed by atoms with Crippen LogP contribution < -0.4 is 9.47 Å². The Kier molecular flexibility index (Phi) is 5.04. The summed E-state index contributed by atoms with van der Waals surface area (Å²) in [5.74, 6) is 1.44. The Labute approximate surface area is 124 Å². The van der Waals surface area contributed by atoms with Gasteiger partial charge in [0.05, 0.1) is 12.2 Å². The molecule has 0 saturated carbocycles. The first kappa shape index (κ1) is 15.6. The van der Waals surface area contributed by atoms with Gasteiger partial charge >= 0.3 is 0 Å². The highest BCUT2D eigenvalue weighted by atomic mass is 16.5. The molecular formula is C17H22O4. The number of aliphatic hydroxyl groups excluding tert-OH is 2. The van der Waals surface area contributed by atoms with Gasteiger partial charge in [0.2, 0.25) is 0 Å². The van der Waals surface area contributed by atoms with Crippen LogP contribution in [0.3, 0.4) is 0 Å². The predicted octanol–water partition coefficient (Wildman–Crippen LogP) is 2.67. The molecule has 0 amide bonds. The van der Waals surface area contributed by atoms with Gasteiger partial charge in [0.15, 0.2) is 0 Å². The number of fused-ring (bicyclic) bond motifs is 1. The molecule has 4 nitrogen and oxygen atoms in total. The lowest BCUT2D eigenvalue weighted by molar-refractivity contribution is 0.122. The Bertz CT molecular complexity index is 605. The van der Waals surface area contributed by atoms with Gasteiger partial charge in [-0.2, -0.15) is 0 Å². The van der Waals surface area contributed by atoms with E-state index in [1.54, 1.807) is 13.8 Å². The SMILES string of the molecule is Cc1ccc2c(OCC(C)O)ccc(OCC(C)O)c2c1. The first-order chi connectivity index (χ1) is 9.97. The average molecular weight is 290 g/mol. The summed E-state index contributed by atoms with van der Waals surface area (Å²) in [6.45, 7) is 5.88. The summed E-state index contributed by atoms with van der Waals surface area (Å²) in [5.41, 5.74) is 1.12. The summed E-state index contributed by atoms with van der Waals surface area (Å²) in [7, 11) is 0. The van der Waals surface area contributed by atoms with E-state index < -0.39 is 12.2 Å². The van der Waals surface area contributed by atoms with Gasteiger partial charge in [0, 0.05) is 10.8 Å². The Morgan fingerprint density at radius 3 is 1.90 bits per heavy atom. The largest absolute Gasteiger partial charge is 0.490 e. The van der Waals surface area contributed by atoms with Crippen molar-refractivity contribution in [3.63, 3.8) is 0 Å². The molecule has 2 unspecified atom stereocenters. The summed E-state index contributed by atoms with van der Waals surface area (Å²) in [4.78, 5) is 0. The molecule has 2 rings (SSSR count). The molecule has 2 N–H and O–H groups in total. The number of rotatable bonds is 6. The molecule has 0 aliphatic heterocycles. The monoisotopic (exact) mass is 290 g/mol. The molecule has 0 aliphatic carbocycles. The second kappa shape index (κ2) is 6.78.